The average Bonchev–Trinajstić information content (AvgIpc) is 2.96. The maximum atomic E-state index is 12.2. The molecule has 21 heavy (non-hydrogen) atoms. The normalized spacial score (nSPS) is 19.3. The SMILES string of the molecule is CC(C)n1nnc(NC(=O)N2CCC(CC(C)(C)C)C2)n1. The summed E-state index contributed by atoms with van der Waals surface area (Å²) in [4.78, 5) is 15.5. The lowest BCUT2D eigenvalue weighted by Gasteiger charge is -2.23. The number of carbonyl (C=O) groups excluding carboxylic acids is 1. The topological polar surface area (TPSA) is 75.9 Å². The zero-order chi connectivity index (χ0) is 15.6. The number of carbonyl (C=O) groups is 1. The number of tetrazole rings is 1. The zero-order valence-corrected chi connectivity index (χ0v) is 13.6. The first-order valence-corrected chi connectivity index (χ1v) is 7.60. The molecule has 1 saturated heterocycles. The number of rotatable bonds is 3. The predicted octanol–water partition coefficient (Wildman–Crippen LogP) is 2.54. The van der Waals surface area contributed by atoms with Crippen LogP contribution in [-0.2, 0) is 0 Å². The highest BCUT2D eigenvalue weighted by Crippen LogP contribution is 2.30. The molecule has 2 heterocycles. The van der Waals surface area contributed by atoms with Gasteiger partial charge in [-0.05, 0) is 43.2 Å². The molecule has 1 aliphatic rings. The summed E-state index contributed by atoms with van der Waals surface area (Å²) in [6.07, 6.45) is 2.20. The molecule has 1 aliphatic heterocycles. The summed E-state index contributed by atoms with van der Waals surface area (Å²) in [5.41, 5.74) is 0.304. The monoisotopic (exact) mass is 294 g/mol. The third-order valence-electron chi connectivity index (χ3n) is 3.58. The summed E-state index contributed by atoms with van der Waals surface area (Å²) < 4.78 is 0. The number of nitrogens with zero attached hydrogens (tertiary/aromatic N) is 5. The van der Waals surface area contributed by atoms with E-state index in [0.717, 1.165) is 25.9 Å². The van der Waals surface area contributed by atoms with E-state index in [9.17, 15) is 4.79 Å². The van der Waals surface area contributed by atoms with Crippen LogP contribution in [0, 0.1) is 11.3 Å². The van der Waals surface area contributed by atoms with Crippen LogP contribution < -0.4 is 5.32 Å². The smallest absolute Gasteiger partial charge is 0.324 e. The Hall–Kier alpha value is -1.66. The molecule has 0 spiro atoms. The van der Waals surface area contributed by atoms with E-state index in [-0.39, 0.29) is 18.0 Å². The fourth-order valence-electron chi connectivity index (χ4n) is 2.72. The Labute approximate surface area is 126 Å². The highest BCUT2D eigenvalue weighted by atomic mass is 16.2. The van der Waals surface area contributed by atoms with Crippen molar-refractivity contribution in [1.29, 1.82) is 0 Å². The molecule has 0 radical (unpaired) electrons. The number of aromatic nitrogens is 4. The first kappa shape index (κ1) is 15.7. The van der Waals surface area contributed by atoms with Crippen LogP contribution in [0.3, 0.4) is 0 Å². The Morgan fingerprint density at radius 3 is 2.71 bits per heavy atom. The lowest BCUT2D eigenvalue weighted by Crippen LogP contribution is -2.33. The van der Waals surface area contributed by atoms with Gasteiger partial charge in [-0.2, -0.15) is 4.80 Å². The molecule has 1 aromatic rings. The van der Waals surface area contributed by atoms with Gasteiger partial charge < -0.3 is 4.90 Å². The minimum atomic E-state index is -0.130. The lowest BCUT2D eigenvalue weighted by molar-refractivity contribution is 0.217. The molecule has 0 bridgehead atoms. The van der Waals surface area contributed by atoms with Gasteiger partial charge in [0.1, 0.15) is 0 Å². The van der Waals surface area contributed by atoms with Crippen LogP contribution in [0.25, 0.3) is 0 Å². The van der Waals surface area contributed by atoms with Crippen LogP contribution in [0.4, 0.5) is 10.7 Å². The Bertz CT molecular complexity index is 490. The molecular formula is C14H26N6O. The van der Waals surface area contributed by atoms with Crippen molar-refractivity contribution in [3.63, 3.8) is 0 Å². The maximum Gasteiger partial charge on any atom is 0.324 e. The van der Waals surface area contributed by atoms with Gasteiger partial charge in [0.25, 0.3) is 5.95 Å². The number of urea groups is 1. The summed E-state index contributed by atoms with van der Waals surface area (Å²) in [6.45, 7) is 12.2. The highest BCUT2D eigenvalue weighted by molar-refractivity contribution is 5.87. The second-order valence-electron chi connectivity index (χ2n) is 7.32. The predicted molar refractivity (Wildman–Crippen MR) is 81.0 cm³/mol. The average molecular weight is 294 g/mol. The minimum absolute atomic E-state index is 0.130. The Kier molecular flexibility index (Phi) is 4.49. The van der Waals surface area contributed by atoms with Crippen LogP contribution in [0.2, 0.25) is 0 Å². The highest BCUT2D eigenvalue weighted by Gasteiger charge is 2.29. The zero-order valence-electron chi connectivity index (χ0n) is 13.6. The number of likely N-dealkylation sites (tertiary alicyclic amines) is 1. The van der Waals surface area contributed by atoms with Crippen LogP contribution in [0.15, 0.2) is 0 Å². The van der Waals surface area contributed by atoms with Crippen molar-refractivity contribution in [3.8, 4) is 0 Å². The summed E-state index contributed by atoms with van der Waals surface area (Å²) in [5, 5.41) is 14.6. The molecule has 118 valence electrons. The van der Waals surface area contributed by atoms with E-state index < -0.39 is 0 Å². The third kappa shape index (κ3) is 4.41. The molecule has 2 rings (SSSR count). The van der Waals surface area contributed by atoms with Gasteiger partial charge in [0.05, 0.1) is 6.04 Å². The first-order valence-electron chi connectivity index (χ1n) is 7.60. The first-order chi connectivity index (χ1) is 9.74. The molecule has 1 atom stereocenters. The molecule has 0 saturated carbocycles. The molecule has 1 aromatic heterocycles. The van der Waals surface area contributed by atoms with Crippen molar-refractivity contribution in [2.75, 3.05) is 18.4 Å². The van der Waals surface area contributed by atoms with Crippen molar-refractivity contribution in [2.24, 2.45) is 11.3 Å². The maximum absolute atomic E-state index is 12.2. The number of hydrogen-bond acceptors (Lipinski definition) is 4. The van der Waals surface area contributed by atoms with Gasteiger partial charge in [-0.1, -0.05) is 25.9 Å². The van der Waals surface area contributed by atoms with Crippen molar-refractivity contribution in [2.45, 2.75) is 53.5 Å². The number of amides is 2. The fourth-order valence-corrected chi connectivity index (χ4v) is 2.72. The molecule has 0 aromatic carbocycles. The largest absolute Gasteiger partial charge is 0.324 e. The van der Waals surface area contributed by atoms with E-state index in [1.807, 2.05) is 18.7 Å². The van der Waals surface area contributed by atoms with E-state index in [0.29, 0.717) is 11.3 Å². The third-order valence-corrected chi connectivity index (χ3v) is 3.58. The standard InChI is InChI=1S/C14H26N6O/c1-10(2)20-17-12(16-18-20)15-13(21)19-7-6-11(9-19)8-14(3,4)5/h10-11H,6-9H2,1-5H3,(H,15,17,21). The van der Waals surface area contributed by atoms with E-state index in [1.54, 1.807) is 0 Å². The summed E-state index contributed by atoms with van der Waals surface area (Å²) in [5.74, 6) is 0.850. The molecule has 2 amide bonds. The van der Waals surface area contributed by atoms with Gasteiger partial charge in [0.2, 0.25) is 0 Å². The Morgan fingerprint density at radius 1 is 1.43 bits per heavy atom. The van der Waals surface area contributed by atoms with E-state index in [2.05, 4.69) is 41.5 Å². The lowest BCUT2D eigenvalue weighted by atomic mass is 9.84. The molecule has 0 aliphatic carbocycles. The van der Waals surface area contributed by atoms with Crippen LogP contribution in [0.1, 0.15) is 53.5 Å². The van der Waals surface area contributed by atoms with E-state index in [1.165, 1.54) is 4.80 Å². The van der Waals surface area contributed by atoms with Gasteiger partial charge in [-0.15, -0.1) is 5.10 Å². The van der Waals surface area contributed by atoms with Gasteiger partial charge in [-0.25, -0.2) is 4.79 Å². The summed E-state index contributed by atoms with van der Waals surface area (Å²) in [6, 6.07) is 0.000759. The fraction of sp³-hybridized carbons (Fsp3) is 0.857. The Balaban J connectivity index is 1.86. The van der Waals surface area contributed by atoms with Crippen LogP contribution in [0.5, 0.6) is 0 Å². The number of anilines is 1. The van der Waals surface area contributed by atoms with Crippen molar-refractivity contribution < 1.29 is 4.79 Å². The molecule has 7 heteroatoms. The van der Waals surface area contributed by atoms with E-state index in [4.69, 9.17) is 0 Å². The second-order valence-corrected chi connectivity index (χ2v) is 7.32. The second kappa shape index (κ2) is 5.99. The van der Waals surface area contributed by atoms with Crippen molar-refractivity contribution >= 4 is 12.0 Å². The van der Waals surface area contributed by atoms with Gasteiger partial charge >= 0.3 is 6.03 Å². The van der Waals surface area contributed by atoms with Gasteiger partial charge in [-0.3, -0.25) is 5.32 Å². The van der Waals surface area contributed by atoms with Crippen molar-refractivity contribution in [1.82, 2.24) is 25.1 Å². The molecule has 1 N–H and O–H groups in total. The van der Waals surface area contributed by atoms with Crippen molar-refractivity contribution in [3.05, 3.63) is 0 Å². The van der Waals surface area contributed by atoms with Crippen LogP contribution in [-0.4, -0.2) is 44.2 Å². The van der Waals surface area contributed by atoms with E-state index >= 15 is 0 Å². The number of nitrogens with one attached hydrogen (secondary N) is 1. The molecule has 1 fully saturated rings. The molecular weight excluding hydrogens is 268 g/mol. The summed E-state index contributed by atoms with van der Waals surface area (Å²) in [7, 11) is 0. The molecule has 1 unspecified atom stereocenters. The number of hydrogen-bond donors (Lipinski definition) is 1. The molecule has 7 nitrogen and oxygen atoms in total. The minimum Gasteiger partial charge on any atom is -0.324 e. The van der Waals surface area contributed by atoms with Gasteiger partial charge in [0, 0.05) is 13.1 Å². The van der Waals surface area contributed by atoms with Crippen LogP contribution >= 0.6 is 0 Å². The quantitative estimate of drug-likeness (QED) is 0.929. The van der Waals surface area contributed by atoms with Gasteiger partial charge in [0.15, 0.2) is 0 Å². The summed E-state index contributed by atoms with van der Waals surface area (Å²) >= 11 is 0. The Morgan fingerprint density at radius 2 is 2.14 bits per heavy atom.